The van der Waals surface area contributed by atoms with E-state index in [4.69, 9.17) is 14.8 Å². The number of rotatable bonds is 34. The fraction of sp³-hybridized carbons (Fsp3) is 0.921. The van der Waals surface area contributed by atoms with Crippen molar-refractivity contribution in [2.75, 3.05) is 26.2 Å². The second-order valence-corrected chi connectivity index (χ2v) is 13.3. The van der Waals surface area contributed by atoms with Crippen molar-refractivity contribution >= 4 is 17.8 Å². The van der Waals surface area contributed by atoms with Gasteiger partial charge >= 0.3 is 11.9 Å². The molecule has 0 aromatic carbocycles. The molecule has 6 heteroatoms. The molecule has 0 radical (unpaired) electrons. The molecule has 0 spiro atoms. The Kier molecular flexibility index (Phi) is 28.9. The second-order valence-electron chi connectivity index (χ2n) is 13.3. The maximum atomic E-state index is 11.8. The van der Waals surface area contributed by atoms with Crippen LogP contribution in [-0.4, -0.2) is 54.0 Å². The number of aliphatic imine (C=N–C) groups is 1. The van der Waals surface area contributed by atoms with Gasteiger partial charge in [-0.25, -0.2) is 0 Å². The molecule has 0 saturated carbocycles. The minimum absolute atomic E-state index is 0.00460. The quantitative estimate of drug-likeness (QED) is 0.0572. The summed E-state index contributed by atoms with van der Waals surface area (Å²) in [4.78, 5) is 29.7. The number of unbranched alkanes of at least 4 members (excludes halogenated alkanes) is 24. The zero-order valence-corrected chi connectivity index (χ0v) is 29.1. The highest BCUT2D eigenvalue weighted by Crippen LogP contribution is 2.16. The molecular formula is C38H72N2O4. The lowest BCUT2D eigenvalue weighted by molar-refractivity contribution is -0.144. The molecule has 1 aliphatic rings. The summed E-state index contributed by atoms with van der Waals surface area (Å²) in [6.45, 7) is 6.16. The van der Waals surface area contributed by atoms with Crippen molar-refractivity contribution in [3.8, 4) is 0 Å². The molecule has 0 bridgehead atoms. The van der Waals surface area contributed by atoms with Crippen LogP contribution < -0.4 is 0 Å². The highest BCUT2D eigenvalue weighted by Gasteiger charge is 2.15. The molecule has 0 atom stereocenters. The van der Waals surface area contributed by atoms with E-state index < -0.39 is 5.97 Å². The number of esters is 1. The van der Waals surface area contributed by atoms with E-state index in [1.165, 1.54) is 154 Å². The van der Waals surface area contributed by atoms with Gasteiger partial charge in [0.05, 0.1) is 19.0 Å². The molecule has 1 rings (SSSR count). The molecule has 1 aliphatic heterocycles. The molecule has 258 valence electrons. The number of carbonyl (C=O) groups is 2. The van der Waals surface area contributed by atoms with Gasteiger partial charge < -0.3 is 14.7 Å². The van der Waals surface area contributed by atoms with Crippen molar-refractivity contribution < 1.29 is 19.4 Å². The normalized spacial score (nSPS) is 13.0. The van der Waals surface area contributed by atoms with Crippen LogP contribution in [-0.2, 0) is 14.3 Å². The first-order valence-electron chi connectivity index (χ1n) is 19.3. The van der Waals surface area contributed by atoms with Crippen molar-refractivity contribution in [1.82, 2.24) is 4.90 Å². The van der Waals surface area contributed by atoms with E-state index in [0.29, 0.717) is 19.4 Å². The van der Waals surface area contributed by atoms with E-state index >= 15 is 0 Å². The topological polar surface area (TPSA) is 79.2 Å². The van der Waals surface area contributed by atoms with Crippen molar-refractivity contribution in [3.05, 3.63) is 0 Å². The SMILES string of the molecule is CCCCCCCCOC(=O)CCCCCCCCCCCCCN1CCN=C1CCCCCCCCCCCCC(=O)O. The zero-order valence-electron chi connectivity index (χ0n) is 29.1. The number of hydrogen-bond acceptors (Lipinski definition) is 5. The predicted molar refractivity (Wildman–Crippen MR) is 187 cm³/mol. The first-order chi connectivity index (χ1) is 21.6. The molecule has 44 heavy (non-hydrogen) atoms. The maximum Gasteiger partial charge on any atom is 0.305 e. The minimum atomic E-state index is -0.663. The molecule has 0 unspecified atom stereocenters. The molecule has 0 aromatic rings. The van der Waals surface area contributed by atoms with Crippen LogP contribution in [0.3, 0.4) is 0 Å². The lowest BCUT2D eigenvalue weighted by Gasteiger charge is -2.20. The van der Waals surface area contributed by atoms with Gasteiger partial charge in [0.1, 0.15) is 0 Å². The third-order valence-corrected chi connectivity index (χ3v) is 9.14. The summed E-state index contributed by atoms with van der Waals surface area (Å²) in [5.74, 6) is 0.713. The van der Waals surface area contributed by atoms with E-state index in [9.17, 15) is 9.59 Å². The van der Waals surface area contributed by atoms with E-state index in [2.05, 4.69) is 11.8 Å². The Labute approximate surface area is 272 Å². The van der Waals surface area contributed by atoms with Crippen LogP contribution in [0, 0.1) is 0 Å². The molecule has 0 amide bonds. The Hall–Kier alpha value is -1.59. The number of ether oxygens (including phenoxy) is 1. The van der Waals surface area contributed by atoms with Gasteiger partial charge in [0.2, 0.25) is 0 Å². The smallest absolute Gasteiger partial charge is 0.305 e. The van der Waals surface area contributed by atoms with Crippen LogP contribution >= 0.6 is 0 Å². The van der Waals surface area contributed by atoms with Gasteiger partial charge in [0.15, 0.2) is 0 Å². The summed E-state index contributed by atoms with van der Waals surface area (Å²) < 4.78 is 5.37. The molecule has 1 heterocycles. The van der Waals surface area contributed by atoms with Crippen LogP contribution in [0.15, 0.2) is 4.99 Å². The van der Waals surface area contributed by atoms with Crippen LogP contribution in [0.4, 0.5) is 0 Å². The Morgan fingerprint density at radius 3 is 1.61 bits per heavy atom. The summed E-state index contributed by atoms with van der Waals surface area (Å²) in [6, 6.07) is 0. The third kappa shape index (κ3) is 26.8. The molecular weight excluding hydrogens is 548 g/mol. The zero-order chi connectivity index (χ0) is 31.8. The Morgan fingerprint density at radius 2 is 1.07 bits per heavy atom. The summed E-state index contributed by atoms with van der Waals surface area (Å²) in [7, 11) is 0. The predicted octanol–water partition coefficient (Wildman–Crippen LogP) is 11.1. The minimum Gasteiger partial charge on any atom is -0.481 e. The number of aliphatic carboxylic acids is 1. The number of carboxylic acid groups (broad SMARTS) is 1. The van der Waals surface area contributed by atoms with Gasteiger partial charge in [-0.15, -0.1) is 0 Å². The van der Waals surface area contributed by atoms with Gasteiger partial charge in [0.25, 0.3) is 0 Å². The lowest BCUT2D eigenvalue weighted by atomic mass is 10.0. The molecule has 0 aromatic heterocycles. The van der Waals surface area contributed by atoms with E-state index in [-0.39, 0.29) is 5.97 Å². The second kappa shape index (κ2) is 31.4. The van der Waals surface area contributed by atoms with Gasteiger partial charge in [-0.05, 0) is 32.1 Å². The number of nitrogens with zero attached hydrogens (tertiary/aromatic N) is 2. The van der Waals surface area contributed by atoms with Gasteiger partial charge in [-0.2, -0.15) is 0 Å². The molecule has 0 saturated heterocycles. The van der Waals surface area contributed by atoms with E-state index in [1.807, 2.05) is 0 Å². The van der Waals surface area contributed by atoms with Crippen LogP contribution in [0.2, 0.25) is 0 Å². The summed E-state index contributed by atoms with van der Waals surface area (Å²) in [5.41, 5.74) is 0. The fourth-order valence-electron chi connectivity index (χ4n) is 6.28. The molecule has 6 nitrogen and oxygen atoms in total. The largest absolute Gasteiger partial charge is 0.481 e. The maximum absolute atomic E-state index is 11.8. The molecule has 0 fully saturated rings. The Morgan fingerprint density at radius 1 is 0.614 bits per heavy atom. The van der Waals surface area contributed by atoms with Gasteiger partial charge in [-0.3, -0.25) is 14.6 Å². The van der Waals surface area contributed by atoms with Gasteiger partial charge in [-0.1, -0.05) is 148 Å². The highest BCUT2D eigenvalue weighted by molar-refractivity contribution is 5.83. The van der Waals surface area contributed by atoms with Crippen molar-refractivity contribution in [1.29, 1.82) is 0 Å². The van der Waals surface area contributed by atoms with E-state index in [0.717, 1.165) is 51.6 Å². The van der Waals surface area contributed by atoms with Crippen LogP contribution in [0.25, 0.3) is 0 Å². The molecule has 1 N–H and O–H groups in total. The number of hydrogen-bond donors (Lipinski definition) is 1. The number of amidine groups is 1. The average molecular weight is 621 g/mol. The van der Waals surface area contributed by atoms with Crippen molar-refractivity contribution in [2.24, 2.45) is 4.99 Å². The van der Waals surface area contributed by atoms with E-state index in [1.54, 1.807) is 0 Å². The third-order valence-electron chi connectivity index (χ3n) is 9.14. The van der Waals surface area contributed by atoms with Crippen LogP contribution in [0.5, 0.6) is 0 Å². The fourth-order valence-corrected chi connectivity index (χ4v) is 6.28. The molecule has 0 aliphatic carbocycles. The Balaban J connectivity index is 1.81. The van der Waals surface area contributed by atoms with Crippen LogP contribution in [0.1, 0.15) is 200 Å². The highest BCUT2D eigenvalue weighted by atomic mass is 16.5. The lowest BCUT2D eigenvalue weighted by Crippen LogP contribution is -2.28. The summed E-state index contributed by atoms with van der Waals surface area (Å²) in [6.07, 6.45) is 35.9. The van der Waals surface area contributed by atoms with Crippen molar-refractivity contribution in [3.63, 3.8) is 0 Å². The standard InChI is InChI=1S/C38H72N2O4/c1-2-3-4-5-23-28-35-44-38(43)31-26-21-17-13-7-6-10-14-18-22-27-33-40-34-32-39-36(40)29-24-19-15-11-8-9-12-16-20-25-30-37(41)42/h2-35H2,1H3,(H,41,42). The summed E-state index contributed by atoms with van der Waals surface area (Å²) in [5, 5.41) is 8.67. The summed E-state index contributed by atoms with van der Waals surface area (Å²) >= 11 is 0. The monoisotopic (exact) mass is 621 g/mol. The Bertz CT molecular complexity index is 696. The van der Waals surface area contributed by atoms with Crippen molar-refractivity contribution in [2.45, 2.75) is 200 Å². The first-order valence-corrected chi connectivity index (χ1v) is 19.3. The number of carbonyl (C=O) groups excluding carboxylic acids is 1. The average Bonchev–Trinajstić information content (AvgIpc) is 3.46. The first kappa shape index (κ1) is 40.4. The van der Waals surface area contributed by atoms with Gasteiger partial charge in [0, 0.05) is 32.4 Å². The number of carboxylic acids is 1.